The van der Waals surface area contributed by atoms with Crippen LogP contribution in [0.2, 0.25) is 0 Å². The van der Waals surface area contributed by atoms with Crippen molar-refractivity contribution in [2.75, 3.05) is 6.61 Å². The SMILES string of the molecule is CC1=C2NC(=O)C=CC=C[C@H](C)[C@H](O)[C@@H](C)[C@@H](O)[C@@H](C)[C@H](O)[C@H](C)[C@@H](O)[C@@H](CO)/C=C(/C)C(=O)c3c(O)c(C)c(O)c(c3C1=O)C2=O. The molecule has 3 aliphatic rings. The Bertz CT molecular complexity index is 1570. The maximum Gasteiger partial charge on any atom is 0.248 e. The van der Waals surface area contributed by atoms with E-state index in [9.17, 15) is 54.9 Å². The van der Waals surface area contributed by atoms with Gasteiger partial charge in [-0.25, -0.2) is 0 Å². The van der Waals surface area contributed by atoms with E-state index in [4.69, 9.17) is 0 Å². The van der Waals surface area contributed by atoms with E-state index in [2.05, 4.69) is 5.32 Å². The highest BCUT2D eigenvalue weighted by molar-refractivity contribution is 6.32. The van der Waals surface area contributed by atoms with Crippen molar-refractivity contribution in [1.29, 1.82) is 0 Å². The van der Waals surface area contributed by atoms with Crippen LogP contribution in [0.15, 0.2) is 47.2 Å². The third-order valence-corrected chi connectivity index (χ3v) is 9.57. The van der Waals surface area contributed by atoms with Crippen molar-refractivity contribution in [3.8, 4) is 11.5 Å². The molecule has 0 unspecified atom stereocenters. The van der Waals surface area contributed by atoms with Crippen molar-refractivity contribution in [2.45, 2.75) is 72.9 Å². The molecule has 256 valence electrons. The average Bonchev–Trinajstić information content (AvgIpc) is 3.05. The third kappa shape index (κ3) is 7.16. The lowest BCUT2D eigenvalue weighted by molar-refractivity contribution is -0.115. The number of rotatable bonds is 1. The molecule has 1 aromatic carbocycles. The summed E-state index contributed by atoms with van der Waals surface area (Å²) in [5.41, 5.74) is -2.80. The molecule has 12 heteroatoms. The van der Waals surface area contributed by atoms with E-state index in [1.165, 1.54) is 45.9 Å². The van der Waals surface area contributed by atoms with E-state index in [0.29, 0.717) is 0 Å². The Kier molecular flexibility index (Phi) is 11.9. The highest BCUT2D eigenvalue weighted by Crippen LogP contribution is 2.43. The first kappa shape index (κ1) is 37.5. The summed E-state index contributed by atoms with van der Waals surface area (Å²) in [5.74, 6) is -9.26. The van der Waals surface area contributed by atoms with Crippen LogP contribution in [0.4, 0.5) is 0 Å². The molecule has 0 aromatic heterocycles. The summed E-state index contributed by atoms with van der Waals surface area (Å²) in [6, 6.07) is 0. The van der Waals surface area contributed by atoms with Crippen LogP contribution >= 0.6 is 0 Å². The molecule has 0 saturated heterocycles. The number of carbonyl (C=O) groups is 4. The molecule has 0 saturated carbocycles. The normalized spacial score (nSPS) is 32.8. The van der Waals surface area contributed by atoms with Gasteiger partial charge in [0.1, 0.15) is 11.5 Å². The summed E-state index contributed by atoms with van der Waals surface area (Å²) in [5, 5.41) is 78.7. The Labute approximate surface area is 273 Å². The second-order valence-corrected chi connectivity index (χ2v) is 12.8. The van der Waals surface area contributed by atoms with Crippen molar-refractivity contribution in [1.82, 2.24) is 5.32 Å². The number of carbonyl (C=O) groups excluding carboxylic acids is 4. The van der Waals surface area contributed by atoms with Crippen LogP contribution in [0.25, 0.3) is 0 Å². The van der Waals surface area contributed by atoms with E-state index in [1.54, 1.807) is 26.8 Å². The Morgan fingerprint density at radius 1 is 0.681 bits per heavy atom. The number of phenolic OH excluding ortho intramolecular Hbond substituents is 2. The fourth-order valence-electron chi connectivity index (χ4n) is 6.21. The summed E-state index contributed by atoms with van der Waals surface area (Å²) in [4.78, 5) is 53.9. The van der Waals surface area contributed by atoms with Crippen LogP contribution in [0, 0.1) is 36.5 Å². The maximum atomic E-state index is 13.8. The van der Waals surface area contributed by atoms with Gasteiger partial charge in [0.05, 0.1) is 53.4 Å². The number of hydrogen-bond donors (Lipinski definition) is 8. The molecule has 12 nitrogen and oxygen atoms in total. The molecular formula is C35H45NO11. The van der Waals surface area contributed by atoms with E-state index in [1.807, 2.05) is 0 Å². The number of allylic oxidation sites excluding steroid dienone is 5. The van der Waals surface area contributed by atoms with E-state index in [0.717, 1.165) is 6.08 Å². The number of phenols is 2. The van der Waals surface area contributed by atoms with Crippen LogP contribution in [0.3, 0.4) is 0 Å². The summed E-state index contributed by atoms with van der Waals surface area (Å²) in [6.45, 7) is 9.49. The molecular weight excluding hydrogens is 610 g/mol. The van der Waals surface area contributed by atoms with Crippen molar-refractivity contribution in [2.24, 2.45) is 29.6 Å². The van der Waals surface area contributed by atoms with Crippen LogP contribution in [-0.2, 0) is 4.79 Å². The minimum Gasteiger partial charge on any atom is -0.507 e. The first-order valence-electron chi connectivity index (χ1n) is 15.5. The van der Waals surface area contributed by atoms with Gasteiger partial charge in [-0.2, -0.15) is 0 Å². The molecule has 1 aromatic rings. The van der Waals surface area contributed by atoms with Crippen molar-refractivity contribution < 1.29 is 54.9 Å². The van der Waals surface area contributed by atoms with Crippen molar-refractivity contribution in [3.63, 3.8) is 0 Å². The number of fused-ring (bicyclic) bond motifs is 15. The Morgan fingerprint density at radius 3 is 1.74 bits per heavy atom. The quantitative estimate of drug-likeness (QED) is 0.219. The van der Waals surface area contributed by atoms with E-state index < -0.39 is 118 Å². The molecule has 2 heterocycles. The van der Waals surface area contributed by atoms with Crippen molar-refractivity contribution in [3.05, 3.63) is 69.5 Å². The number of hydrogen-bond acceptors (Lipinski definition) is 11. The molecule has 1 aliphatic carbocycles. The molecule has 4 rings (SSSR count). The fourth-order valence-corrected chi connectivity index (χ4v) is 6.21. The summed E-state index contributed by atoms with van der Waals surface area (Å²) >= 11 is 0. The smallest absolute Gasteiger partial charge is 0.248 e. The number of benzene rings is 1. The number of aromatic hydroxyl groups is 2. The Hall–Kier alpha value is -3.94. The molecule has 8 N–H and O–H groups in total. The molecule has 47 heavy (non-hydrogen) atoms. The minimum absolute atomic E-state index is 0.136. The van der Waals surface area contributed by atoms with Gasteiger partial charge in [0.2, 0.25) is 11.7 Å². The number of amides is 1. The average molecular weight is 656 g/mol. The summed E-state index contributed by atoms with van der Waals surface area (Å²) in [7, 11) is 0. The molecule has 2 aliphatic heterocycles. The number of ketones is 3. The predicted molar refractivity (Wildman–Crippen MR) is 172 cm³/mol. The molecule has 9 atom stereocenters. The topological polar surface area (TPSA) is 222 Å². The molecule has 0 spiro atoms. The minimum atomic E-state index is -1.44. The number of aliphatic hydroxyl groups is 5. The second kappa shape index (κ2) is 14.9. The largest absolute Gasteiger partial charge is 0.507 e. The number of nitrogens with one attached hydrogen (secondary N) is 1. The zero-order valence-corrected chi connectivity index (χ0v) is 27.6. The lowest BCUT2D eigenvalue weighted by Crippen LogP contribution is -2.46. The van der Waals surface area contributed by atoms with E-state index >= 15 is 0 Å². The Morgan fingerprint density at radius 2 is 1.19 bits per heavy atom. The lowest BCUT2D eigenvalue weighted by atomic mass is 9.76. The molecule has 0 fully saturated rings. The van der Waals surface area contributed by atoms with Gasteiger partial charge < -0.3 is 41.1 Å². The molecule has 1 amide bonds. The van der Waals surface area contributed by atoms with Gasteiger partial charge in [0.15, 0.2) is 11.6 Å². The predicted octanol–water partition coefficient (Wildman–Crippen LogP) is 2.03. The fraction of sp³-hybridized carbons (Fsp3) is 0.486. The van der Waals surface area contributed by atoms with Gasteiger partial charge in [-0.3, -0.25) is 19.2 Å². The van der Waals surface area contributed by atoms with Crippen LogP contribution in [0.1, 0.15) is 78.2 Å². The highest BCUT2D eigenvalue weighted by Gasteiger charge is 2.41. The zero-order valence-electron chi connectivity index (χ0n) is 27.6. The van der Waals surface area contributed by atoms with Crippen LogP contribution in [-0.4, -0.2) is 90.0 Å². The van der Waals surface area contributed by atoms with Gasteiger partial charge in [-0.15, -0.1) is 0 Å². The third-order valence-electron chi connectivity index (χ3n) is 9.57. The van der Waals surface area contributed by atoms with Gasteiger partial charge in [0.25, 0.3) is 0 Å². The highest BCUT2D eigenvalue weighted by atomic mass is 16.3. The lowest BCUT2D eigenvalue weighted by Gasteiger charge is -2.37. The summed E-state index contributed by atoms with van der Waals surface area (Å²) in [6.07, 6.45) is 1.66. The van der Waals surface area contributed by atoms with Crippen LogP contribution < -0.4 is 5.32 Å². The van der Waals surface area contributed by atoms with Gasteiger partial charge >= 0.3 is 0 Å². The second-order valence-electron chi connectivity index (χ2n) is 12.8. The number of aliphatic hydroxyl groups excluding tert-OH is 5. The number of Topliss-reactive ketones (excluding diaryl/α,β-unsaturated/α-hetero) is 3. The summed E-state index contributed by atoms with van der Waals surface area (Å²) < 4.78 is 0. The zero-order chi connectivity index (χ0) is 35.7. The van der Waals surface area contributed by atoms with Gasteiger partial charge in [-0.05, 0) is 26.3 Å². The molecule has 0 radical (unpaired) electrons. The molecule has 4 bridgehead atoms. The van der Waals surface area contributed by atoms with Crippen LogP contribution in [0.5, 0.6) is 11.5 Å². The Balaban J connectivity index is 2.24. The maximum absolute atomic E-state index is 13.8. The standard InChI is InChI=1S/C35H45NO11/c1-14-10-8-9-11-22(38)36-26-16(3)32(44)23-24(33(45)20(7)34(46)25(23)35(26)47)28(40)15(2)12-21(13-37)31(43)19(6)30(42)18(5)29(41)17(4)27(14)39/h8-12,14,17-19,21,27,29-31,37,39,41-43,45-46H,13H2,1-7H3,(H,36,38)/b10-8?,11-9?,15-12-/t14-,17+,18+,19-,21+,27-,29+,30-,31+/m0/s1. The van der Waals surface area contributed by atoms with Crippen molar-refractivity contribution >= 4 is 23.3 Å². The van der Waals surface area contributed by atoms with E-state index in [-0.39, 0.29) is 16.7 Å². The van der Waals surface area contributed by atoms with Gasteiger partial charge in [0, 0.05) is 46.8 Å². The first-order chi connectivity index (χ1) is 21.9. The first-order valence-corrected chi connectivity index (χ1v) is 15.5. The monoisotopic (exact) mass is 655 g/mol. The van der Waals surface area contributed by atoms with Gasteiger partial charge in [-0.1, -0.05) is 52.0 Å².